The highest BCUT2D eigenvalue weighted by molar-refractivity contribution is 6.34. The van der Waals surface area contributed by atoms with Crippen LogP contribution < -0.4 is 10.6 Å². The number of phenols is 1. The average Bonchev–Trinajstić information content (AvgIpc) is 2.44. The first-order chi connectivity index (χ1) is 10.4. The van der Waals surface area contributed by atoms with Crippen LogP contribution >= 0.6 is 23.2 Å². The van der Waals surface area contributed by atoms with Crippen LogP contribution in [-0.2, 0) is 4.79 Å². The third-order valence-electron chi connectivity index (χ3n) is 2.74. The van der Waals surface area contributed by atoms with Crippen molar-refractivity contribution < 1.29 is 14.7 Å². The van der Waals surface area contributed by atoms with Gasteiger partial charge in [-0.2, -0.15) is 0 Å². The molecule has 0 saturated heterocycles. The second-order valence-electron chi connectivity index (χ2n) is 4.49. The quantitative estimate of drug-likeness (QED) is 0.793. The largest absolute Gasteiger partial charge is 0.507 e. The number of carbonyl (C=O) groups is 2. The normalized spacial score (nSPS) is 10.1. The SMILES string of the molecule is CC(=O)Nc1ccc(NC(=O)c2cc(Cl)ccc2O)cc1Cl. The molecule has 2 aromatic rings. The molecule has 0 aliphatic carbocycles. The van der Waals surface area contributed by atoms with Crippen LogP contribution in [0.3, 0.4) is 0 Å². The Bertz CT molecular complexity index is 748. The van der Waals surface area contributed by atoms with Crippen molar-refractivity contribution in [3.8, 4) is 5.75 Å². The molecule has 0 heterocycles. The van der Waals surface area contributed by atoms with Gasteiger partial charge in [0.15, 0.2) is 0 Å². The van der Waals surface area contributed by atoms with Crippen LogP contribution in [0.1, 0.15) is 17.3 Å². The summed E-state index contributed by atoms with van der Waals surface area (Å²) in [5.74, 6) is -0.950. The molecule has 7 heteroatoms. The number of anilines is 2. The van der Waals surface area contributed by atoms with Crippen molar-refractivity contribution in [2.24, 2.45) is 0 Å². The zero-order valence-corrected chi connectivity index (χ0v) is 13.0. The molecule has 0 aromatic heterocycles. The van der Waals surface area contributed by atoms with E-state index in [2.05, 4.69) is 10.6 Å². The van der Waals surface area contributed by atoms with Gasteiger partial charge in [0, 0.05) is 17.6 Å². The van der Waals surface area contributed by atoms with Crippen LogP contribution in [-0.4, -0.2) is 16.9 Å². The summed E-state index contributed by atoms with van der Waals surface area (Å²) in [4.78, 5) is 23.1. The molecule has 0 saturated carbocycles. The highest BCUT2D eigenvalue weighted by Gasteiger charge is 2.13. The lowest BCUT2D eigenvalue weighted by molar-refractivity contribution is -0.114. The fourth-order valence-electron chi connectivity index (χ4n) is 1.77. The summed E-state index contributed by atoms with van der Waals surface area (Å²) in [6.07, 6.45) is 0. The van der Waals surface area contributed by atoms with Crippen LogP contribution in [0.25, 0.3) is 0 Å². The Kier molecular flexibility index (Phi) is 4.90. The standard InChI is InChI=1S/C15H12Cl2N2O3/c1-8(20)18-13-4-3-10(7-12(13)17)19-15(22)11-6-9(16)2-5-14(11)21/h2-7,21H,1H3,(H,18,20)(H,19,22). The van der Waals surface area contributed by atoms with Crippen molar-refractivity contribution in [2.45, 2.75) is 6.92 Å². The van der Waals surface area contributed by atoms with Gasteiger partial charge in [0.05, 0.1) is 16.3 Å². The summed E-state index contributed by atoms with van der Waals surface area (Å²) in [7, 11) is 0. The predicted octanol–water partition coefficient (Wildman–Crippen LogP) is 3.91. The molecule has 0 bridgehead atoms. The molecule has 2 aromatic carbocycles. The van der Waals surface area contributed by atoms with Crippen LogP contribution in [0.2, 0.25) is 10.0 Å². The lowest BCUT2D eigenvalue weighted by Crippen LogP contribution is -2.12. The van der Waals surface area contributed by atoms with E-state index in [9.17, 15) is 14.7 Å². The fraction of sp³-hybridized carbons (Fsp3) is 0.0667. The first kappa shape index (κ1) is 16.1. The van der Waals surface area contributed by atoms with Crippen molar-refractivity contribution in [1.29, 1.82) is 0 Å². The smallest absolute Gasteiger partial charge is 0.259 e. The molecule has 0 aliphatic rings. The molecule has 22 heavy (non-hydrogen) atoms. The molecule has 2 rings (SSSR count). The van der Waals surface area contributed by atoms with Gasteiger partial charge in [0.25, 0.3) is 5.91 Å². The number of nitrogens with one attached hydrogen (secondary N) is 2. The molecule has 0 unspecified atom stereocenters. The van der Waals surface area contributed by atoms with E-state index in [0.29, 0.717) is 16.4 Å². The number of amides is 2. The summed E-state index contributed by atoms with van der Waals surface area (Å²) < 4.78 is 0. The second kappa shape index (κ2) is 6.68. The van der Waals surface area contributed by atoms with Crippen LogP contribution in [0.4, 0.5) is 11.4 Å². The molecule has 0 spiro atoms. The van der Waals surface area contributed by atoms with Gasteiger partial charge in [-0.25, -0.2) is 0 Å². The Morgan fingerprint density at radius 1 is 1.05 bits per heavy atom. The Hall–Kier alpha value is -2.24. The van der Waals surface area contributed by atoms with Crippen molar-refractivity contribution in [2.75, 3.05) is 10.6 Å². The summed E-state index contributed by atoms with van der Waals surface area (Å²) in [6, 6.07) is 8.82. The second-order valence-corrected chi connectivity index (χ2v) is 5.34. The van der Waals surface area contributed by atoms with Crippen LogP contribution in [0.5, 0.6) is 5.75 Å². The van der Waals surface area contributed by atoms with Gasteiger partial charge in [-0.05, 0) is 36.4 Å². The van der Waals surface area contributed by atoms with E-state index in [-0.39, 0.29) is 22.2 Å². The lowest BCUT2D eigenvalue weighted by Gasteiger charge is -2.10. The maximum atomic E-state index is 12.1. The monoisotopic (exact) mass is 338 g/mol. The first-order valence-corrected chi connectivity index (χ1v) is 6.99. The highest BCUT2D eigenvalue weighted by Crippen LogP contribution is 2.27. The molecule has 0 atom stereocenters. The number of phenolic OH excluding ortho intramolecular Hbond substituents is 1. The maximum absolute atomic E-state index is 12.1. The average molecular weight is 339 g/mol. The van der Waals surface area contributed by atoms with Gasteiger partial charge in [-0.1, -0.05) is 23.2 Å². The number of rotatable bonds is 3. The minimum absolute atomic E-state index is 0.0505. The number of carbonyl (C=O) groups excluding carboxylic acids is 2. The van der Waals surface area contributed by atoms with E-state index in [1.165, 1.54) is 31.2 Å². The molecule has 0 radical (unpaired) electrons. The molecular formula is C15H12Cl2N2O3. The van der Waals surface area contributed by atoms with E-state index < -0.39 is 5.91 Å². The van der Waals surface area contributed by atoms with E-state index in [4.69, 9.17) is 23.2 Å². The third kappa shape index (κ3) is 3.90. The van der Waals surface area contributed by atoms with Crippen molar-refractivity contribution in [1.82, 2.24) is 0 Å². The summed E-state index contributed by atoms with van der Waals surface area (Å²) >= 11 is 11.8. The number of hydrogen-bond acceptors (Lipinski definition) is 3. The zero-order chi connectivity index (χ0) is 16.3. The maximum Gasteiger partial charge on any atom is 0.259 e. The summed E-state index contributed by atoms with van der Waals surface area (Å²) in [5.41, 5.74) is 0.913. The summed E-state index contributed by atoms with van der Waals surface area (Å²) in [6.45, 7) is 1.37. The lowest BCUT2D eigenvalue weighted by atomic mass is 10.2. The topological polar surface area (TPSA) is 78.4 Å². The van der Waals surface area contributed by atoms with E-state index in [1.54, 1.807) is 12.1 Å². The van der Waals surface area contributed by atoms with Gasteiger partial charge < -0.3 is 15.7 Å². The minimum atomic E-state index is -0.525. The Balaban J connectivity index is 2.20. The molecule has 3 N–H and O–H groups in total. The number of aromatic hydroxyl groups is 1. The molecule has 114 valence electrons. The van der Waals surface area contributed by atoms with Gasteiger partial charge in [-0.15, -0.1) is 0 Å². The predicted molar refractivity (Wildman–Crippen MR) is 86.8 cm³/mol. The fourth-order valence-corrected chi connectivity index (χ4v) is 2.17. The number of benzene rings is 2. The van der Waals surface area contributed by atoms with Crippen molar-refractivity contribution in [3.63, 3.8) is 0 Å². The van der Waals surface area contributed by atoms with Crippen LogP contribution in [0.15, 0.2) is 36.4 Å². The third-order valence-corrected chi connectivity index (χ3v) is 3.29. The van der Waals surface area contributed by atoms with E-state index in [0.717, 1.165) is 0 Å². The first-order valence-electron chi connectivity index (χ1n) is 6.24. The van der Waals surface area contributed by atoms with E-state index in [1.807, 2.05) is 0 Å². The minimum Gasteiger partial charge on any atom is -0.507 e. The zero-order valence-electron chi connectivity index (χ0n) is 11.5. The molecule has 0 aliphatic heterocycles. The molecular weight excluding hydrogens is 327 g/mol. The highest BCUT2D eigenvalue weighted by atomic mass is 35.5. The van der Waals surface area contributed by atoms with Gasteiger partial charge in [-0.3, -0.25) is 9.59 Å². The molecule has 2 amide bonds. The van der Waals surface area contributed by atoms with Crippen LogP contribution in [0, 0.1) is 0 Å². The van der Waals surface area contributed by atoms with Gasteiger partial charge in [0.1, 0.15) is 5.75 Å². The summed E-state index contributed by atoms with van der Waals surface area (Å²) in [5, 5.41) is 15.5. The Morgan fingerprint density at radius 3 is 2.41 bits per heavy atom. The van der Waals surface area contributed by atoms with E-state index >= 15 is 0 Å². The van der Waals surface area contributed by atoms with Crippen molar-refractivity contribution >= 4 is 46.4 Å². The number of hydrogen-bond donors (Lipinski definition) is 3. The van der Waals surface area contributed by atoms with Crippen molar-refractivity contribution in [3.05, 3.63) is 52.0 Å². The van der Waals surface area contributed by atoms with Gasteiger partial charge in [0.2, 0.25) is 5.91 Å². The van der Waals surface area contributed by atoms with Gasteiger partial charge >= 0.3 is 0 Å². The Labute approximate surface area is 136 Å². The molecule has 0 fully saturated rings. The number of halogens is 2. The Morgan fingerprint density at radius 2 is 1.77 bits per heavy atom. The molecule has 5 nitrogen and oxygen atoms in total.